The molecule has 20 heavy (non-hydrogen) atoms. The minimum atomic E-state index is -3.72. The van der Waals surface area contributed by atoms with Crippen LogP contribution in [0.15, 0.2) is 50.2 Å². The number of rotatable bonds is 3. The summed E-state index contributed by atoms with van der Waals surface area (Å²) in [5, 5.41) is 0. The summed E-state index contributed by atoms with van der Waals surface area (Å²) in [6.07, 6.45) is 0. The lowest BCUT2D eigenvalue weighted by Crippen LogP contribution is -2.15. The molecule has 0 unspecified atom stereocenters. The van der Waals surface area contributed by atoms with Crippen LogP contribution in [0.3, 0.4) is 0 Å². The molecular weight excluding hydrogens is 523 g/mol. The number of hydrogen-bond donors (Lipinski definition) is 2. The van der Waals surface area contributed by atoms with Crippen LogP contribution in [-0.2, 0) is 10.0 Å². The molecule has 8 heteroatoms. The van der Waals surface area contributed by atoms with Crippen molar-refractivity contribution in [1.82, 2.24) is 0 Å². The molecular formula is C12H9Br2IN2O2S. The van der Waals surface area contributed by atoms with Crippen LogP contribution < -0.4 is 10.5 Å². The third kappa shape index (κ3) is 3.46. The van der Waals surface area contributed by atoms with Gasteiger partial charge in [-0.05, 0) is 78.7 Å². The first kappa shape index (κ1) is 16.1. The van der Waals surface area contributed by atoms with E-state index in [0.717, 1.165) is 3.57 Å². The van der Waals surface area contributed by atoms with E-state index >= 15 is 0 Å². The van der Waals surface area contributed by atoms with Crippen LogP contribution in [0, 0.1) is 3.57 Å². The number of nitrogen functional groups attached to an aromatic ring is 1. The molecule has 0 saturated carbocycles. The van der Waals surface area contributed by atoms with E-state index in [1.807, 2.05) is 12.1 Å². The van der Waals surface area contributed by atoms with E-state index in [9.17, 15) is 8.42 Å². The second-order valence-electron chi connectivity index (χ2n) is 3.90. The molecule has 0 aliphatic heterocycles. The molecule has 0 bridgehead atoms. The second-order valence-corrected chi connectivity index (χ2v) is 8.39. The van der Waals surface area contributed by atoms with Crippen LogP contribution in [0.25, 0.3) is 0 Å². The molecule has 3 N–H and O–H groups in total. The van der Waals surface area contributed by atoms with Gasteiger partial charge in [-0.15, -0.1) is 0 Å². The molecule has 2 aromatic carbocycles. The van der Waals surface area contributed by atoms with Gasteiger partial charge in [-0.3, -0.25) is 4.72 Å². The first-order valence-corrected chi connectivity index (χ1v) is 9.48. The summed E-state index contributed by atoms with van der Waals surface area (Å²) in [6, 6.07) is 10.2. The summed E-state index contributed by atoms with van der Waals surface area (Å²) < 4.78 is 29.2. The number of benzene rings is 2. The Bertz CT molecular complexity index is 743. The zero-order valence-electron chi connectivity index (χ0n) is 9.90. The van der Waals surface area contributed by atoms with E-state index in [1.54, 1.807) is 24.3 Å². The van der Waals surface area contributed by atoms with E-state index in [4.69, 9.17) is 5.73 Å². The molecule has 4 nitrogen and oxygen atoms in total. The number of halogens is 3. The Hall–Kier alpha value is -0.320. The molecule has 0 heterocycles. The standard InChI is InChI=1S/C12H9Br2IN2O2S/c13-8-5-7(16)6-9(14)12(8)20(18,19)17-11-4-2-1-3-10(11)15/h1-6,17H,16H2. The van der Waals surface area contributed by atoms with Crippen LogP contribution in [0.1, 0.15) is 0 Å². The summed E-state index contributed by atoms with van der Waals surface area (Å²) in [5.74, 6) is 0. The van der Waals surface area contributed by atoms with Crippen molar-refractivity contribution in [2.45, 2.75) is 4.90 Å². The van der Waals surface area contributed by atoms with Crippen molar-refractivity contribution in [3.05, 3.63) is 48.9 Å². The monoisotopic (exact) mass is 530 g/mol. The Morgan fingerprint density at radius 3 is 2.20 bits per heavy atom. The zero-order valence-corrected chi connectivity index (χ0v) is 16.0. The highest BCUT2D eigenvalue weighted by Crippen LogP contribution is 2.34. The fourth-order valence-corrected chi connectivity index (χ4v) is 5.98. The van der Waals surface area contributed by atoms with Crippen LogP contribution in [0.2, 0.25) is 0 Å². The maximum atomic E-state index is 12.5. The van der Waals surface area contributed by atoms with Gasteiger partial charge in [0.2, 0.25) is 0 Å². The Kier molecular flexibility index (Phi) is 4.98. The van der Waals surface area contributed by atoms with Crippen LogP contribution in [0.4, 0.5) is 11.4 Å². The zero-order chi connectivity index (χ0) is 14.9. The number of nitrogens with one attached hydrogen (secondary N) is 1. The fraction of sp³-hybridized carbons (Fsp3) is 0. The Morgan fingerprint density at radius 2 is 1.65 bits per heavy atom. The first-order chi connectivity index (χ1) is 9.31. The maximum Gasteiger partial charge on any atom is 0.264 e. The lowest BCUT2D eigenvalue weighted by molar-refractivity contribution is 0.600. The Balaban J connectivity index is 2.50. The van der Waals surface area contributed by atoms with Gasteiger partial charge >= 0.3 is 0 Å². The van der Waals surface area contributed by atoms with Crippen LogP contribution in [-0.4, -0.2) is 8.42 Å². The molecule has 2 aromatic rings. The van der Waals surface area contributed by atoms with E-state index in [-0.39, 0.29) is 4.90 Å². The normalized spacial score (nSPS) is 11.3. The molecule has 0 aromatic heterocycles. The van der Waals surface area contributed by atoms with Gasteiger partial charge in [0.25, 0.3) is 10.0 Å². The minimum Gasteiger partial charge on any atom is -0.399 e. The number of hydrogen-bond acceptors (Lipinski definition) is 3. The third-order valence-electron chi connectivity index (χ3n) is 2.41. The van der Waals surface area contributed by atoms with Gasteiger partial charge < -0.3 is 5.73 Å². The number of para-hydroxylation sites is 1. The fourth-order valence-electron chi connectivity index (χ4n) is 1.58. The molecule has 0 spiro atoms. The summed E-state index contributed by atoms with van der Waals surface area (Å²) >= 11 is 8.54. The van der Waals surface area contributed by atoms with Gasteiger partial charge in [0.1, 0.15) is 4.90 Å². The highest BCUT2D eigenvalue weighted by molar-refractivity contribution is 14.1. The number of nitrogens with two attached hydrogens (primary N) is 1. The van der Waals surface area contributed by atoms with Crippen molar-refractivity contribution < 1.29 is 8.42 Å². The molecule has 106 valence electrons. The van der Waals surface area contributed by atoms with Crippen LogP contribution in [0.5, 0.6) is 0 Å². The largest absolute Gasteiger partial charge is 0.399 e. The highest BCUT2D eigenvalue weighted by Gasteiger charge is 2.22. The maximum absolute atomic E-state index is 12.5. The number of sulfonamides is 1. The molecule has 2 rings (SSSR count). The van der Waals surface area contributed by atoms with E-state index < -0.39 is 10.0 Å². The minimum absolute atomic E-state index is 0.117. The molecule has 0 aliphatic carbocycles. The van der Waals surface area contributed by atoms with Crippen molar-refractivity contribution >= 4 is 75.8 Å². The highest BCUT2D eigenvalue weighted by atomic mass is 127. The smallest absolute Gasteiger partial charge is 0.264 e. The average molecular weight is 532 g/mol. The second kappa shape index (κ2) is 6.20. The van der Waals surface area contributed by atoms with Gasteiger partial charge in [0.05, 0.1) is 5.69 Å². The van der Waals surface area contributed by atoms with Crippen molar-refractivity contribution in [2.24, 2.45) is 0 Å². The van der Waals surface area contributed by atoms with E-state index in [2.05, 4.69) is 59.2 Å². The topological polar surface area (TPSA) is 72.2 Å². The first-order valence-electron chi connectivity index (χ1n) is 5.33. The van der Waals surface area contributed by atoms with Crippen molar-refractivity contribution in [1.29, 1.82) is 0 Å². The molecule has 0 aliphatic rings. The van der Waals surface area contributed by atoms with Gasteiger partial charge in [-0.2, -0.15) is 0 Å². The molecule has 0 radical (unpaired) electrons. The summed E-state index contributed by atoms with van der Waals surface area (Å²) in [5.41, 5.74) is 6.67. The van der Waals surface area contributed by atoms with Crippen LogP contribution >= 0.6 is 54.5 Å². The summed E-state index contributed by atoms with van der Waals surface area (Å²) in [6.45, 7) is 0. The van der Waals surface area contributed by atoms with Crippen molar-refractivity contribution in [3.63, 3.8) is 0 Å². The van der Waals surface area contributed by atoms with Crippen molar-refractivity contribution in [2.75, 3.05) is 10.5 Å². The quantitative estimate of drug-likeness (QED) is 0.461. The van der Waals surface area contributed by atoms with E-state index in [1.165, 1.54) is 0 Å². The van der Waals surface area contributed by atoms with Gasteiger partial charge in [-0.1, -0.05) is 12.1 Å². The van der Waals surface area contributed by atoms with Crippen molar-refractivity contribution in [3.8, 4) is 0 Å². The lowest BCUT2D eigenvalue weighted by Gasteiger charge is -2.13. The van der Waals surface area contributed by atoms with E-state index in [0.29, 0.717) is 20.3 Å². The molecule has 0 amide bonds. The Morgan fingerprint density at radius 1 is 1.10 bits per heavy atom. The molecule has 0 fully saturated rings. The lowest BCUT2D eigenvalue weighted by atomic mass is 10.3. The van der Waals surface area contributed by atoms with Gasteiger partial charge in [0.15, 0.2) is 0 Å². The average Bonchev–Trinajstić information content (AvgIpc) is 2.30. The molecule has 0 atom stereocenters. The predicted octanol–water partition coefficient (Wildman–Crippen LogP) is 4.20. The third-order valence-corrected chi connectivity index (χ3v) is 6.59. The van der Waals surface area contributed by atoms with Gasteiger partial charge in [0, 0.05) is 18.2 Å². The Labute approximate surface area is 147 Å². The summed E-state index contributed by atoms with van der Waals surface area (Å²) in [7, 11) is -3.72. The molecule has 0 saturated heterocycles. The number of anilines is 2. The van der Waals surface area contributed by atoms with Gasteiger partial charge in [-0.25, -0.2) is 8.42 Å². The SMILES string of the molecule is Nc1cc(Br)c(S(=O)(=O)Nc2ccccc2I)c(Br)c1. The summed E-state index contributed by atoms with van der Waals surface area (Å²) in [4.78, 5) is 0.117. The predicted molar refractivity (Wildman–Crippen MR) is 96.2 cm³/mol.